The topological polar surface area (TPSA) is 36.0 Å². The van der Waals surface area contributed by atoms with Gasteiger partial charge >= 0.3 is 0 Å². The normalized spacial score (nSPS) is 26.7. The number of carbonyl (C=O) groups excluding carboxylic acids is 1. The van der Waals surface area contributed by atoms with E-state index in [1.807, 2.05) is 0 Å². The van der Waals surface area contributed by atoms with Crippen molar-refractivity contribution in [2.45, 2.75) is 33.2 Å². The molecule has 2 unspecified atom stereocenters. The van der Waals surface area contributed by atoms with E-state index in [0.717, 1.165) is 64.6 Å². The summed E-state index contributed by atoms with van der Waals surface area (Å²) in [5.41, 5.74) is 2.72. The SMILES string of the molecule is CC1CC(C)CN(C(=O)CN2CCN(Cc3ccc4c(c3)CCO4)CC2)C1. The Morgan fingerprint density at radius 2 is 1.78 bits per heavy atom. The average Bonchev–Trinajstić information content (AvgIpc) is 3.10. The first kappa shape index (κ1) is 18.8. The lowest BCUT2D eigenvalue weighted by atomic mass is 9.92. The van der Waals surface area contributed by atoms with Gasteiger partial charge in [0.1, 0.15) is 5.75 Å². The number of amides is 1. The molecule has 0 saturated carbocycles. The predicted octanol–water partition coefficient (Wildman–Crippen LogP) is 2.24. The molecule has 1 amide bonds. The summed E-state index contributed by atoms with van der Waals surface area (Å²) in [5, 5.41) is 0. The molecule has 3 heterocycles. The monoisotopic (exact) mass is 371 g/mol. The minimum absolute atomic E-state index is 0.320. The van der Waals surface area contributed by atoms with Gasteiger partial charge < -0.3 is 9.64 Å². The molecule has 5 heteroatoms. The van der Waals surface area contributed by atoms with Gasteiger partial charge in [-0.3, -0.25) is 14.6 Å². The van der Waals surface area contributed by atoms with Crippen LogP contribution in [0.15, 0.2) is 18.2 Å². The Balaban J connectivity index is 1.23. The highest BCUT2D eigenvalue weighted by Crippen LogP contribution is 2.26. The molecular formula is C22H33N3O2. The lowest BCUT2D eigenvalue weighted by molar-refractivity contribution is -0.135. The van der Waals surface area contributed by atoms with Gasteiger partial charge in [-0.2, -0.15) is 0 Å². The van der Waals surface area contributed by atoms with E-state index < -0.39 is 0 Å². The fraction of sp³-hybridized carbons (Fsp3) is 0.682. The zero-order valence-corrected chi connectivity index (χ0v) is 16.8. The van der Waals surface area contributed by atoms with Crippen LogP contribution in [-0.2, 0) is 17.8 Å². The lowest BCUT2D eigenvalue weighted by Crippen LogP contribution is -2.51. The molecule has 0 bridgehead atoms. The number of rotatable bonds is 4. The second-order valence-corrected chi connectivity index (χ2v) is 8.84. The Morgan fingerprint density at radius 1 is 1.07 bits per heavy atom. The highest BCUT2D eigenvalue weighted by molar-refractivity contribution is 5.78. The summed E-state index contributed by atoms with van der Waals surface area (Å²) in [6, 6.07) is 6.61. The van der Waals surface area contributed by atoms with E-state index in [1.165, 1.54) is 17.5 Å². The quantitative estimate of drug-likeness (QED) is 0.813. The zero-order chi connectivity index (χ0) is 18.8. The van der Waals surface area contributed by atoms with Gasteiger partial charge in [-0.1, -0.05) is 26.0 Å². The molecule has 0 radical (unpaired) electrons. The largest absolute Gasteiger partial charge is 0.493 e. The fourth-order valence-electron chi connectivity index (χ4n) is 4.86. The van der Waals surface area contributed by atoms with Crippen LogP contribution in [0.25, 0.3) is 0 Å². The van der Waals surface area contributed by atoms with Gasteiger partial charge in [0.15, 0.2) is 0 Å². The first-order valence-corrected chi connectivity index (χ1v) is 10.5. The molecule has 27 heavy (non-hydrogen) atoms. The van der Waals surface area contributed by atoms with Gasteiger partial charge in [0.2, 0.25) is 5.91 Å². The number of benzene rings is 1. The average molecular weight is 372 g/mol. The molecule has 1 aromatic rings. The zero-order valence-electron chi connectivity index (χ0n) is 16.8. The number of nitrogens with zero attached hydrogens (tertiary/aromatic N) is 3. The summed E-state index contributed by atoms with van der Waals surface area (Å²) in [5.74, 6) is 2.64. The molecule has 4 rings (SSSR count). The second kappa shape index (κ2) is 8.19. The lowest BCUT2D eigenvalue weighted by Gasteiger charge is -2.38. The number of likely N-dealkylation sites (tertiary alicyclic amines) is 1. The summed E-state index contributed by atoms with van der Waals surface area (Å²) < 4.78 is 5.60. The van der Waals surface area contributed by atoms with E-state index in [9.17, 15) is 4.79 Å². The molecule has 3 aliphatic rings. The van der Waals surface area contributed by atoms with E-state index in [2.05, 4.69) is 46.7 Å². The third-order valence-electron chi connectivity index (χ3n) is 6.21. The van der Waals surface area contributed by atoms with E-state index in [1.54, 1.807) is 0 Å². The molecule has 0 N–H and O–H groups in total. The minimum Gasteiger partial charge on any atom is -0.493 e. The number of hydrogen-bond acceptors (Lipinski definition) is 4. The molecule has 2 fully saturated rings. The van der Waals surface area contributed by atoms with Gasteiger partial charge in [0, 0.05) is 52.2 Å². The van der Waals surface area contributed by atoms with Crippen LogP contribution >= 0.6 is 0 Å². The van der Waals surface area contributed by atoms with Crippen molar-refractivity contribution in [2.24, 2.45) is 11.8 Å². The third-order valence-corrected chi connectivity index (χ3v) is 6.21. The highest BCUT2D eigenvalue weighted by atomic mass is 16.5. The van der Waals surface area contributed by atoms with Crippen molar-refractivity contribution in [2.75, 3.05) is 52.4 Å². The van der Waals surface area contributed by atoms with Gasteiger partial charge in [-0.05, 0) is 35.4 Å². The van der Waals surface area contributed by atoms with Gasteiger partial charge in [-0.25, -0.2) is 0 Å². The van der Waals surface area contributed by atoms with Crippen LogP contribution < -0.4 is 4.74 Å². The molecule has 5 nitrogen and oxygen atoms in total. The Labute approximate surface area is 163 Å². The van der Waals surface area contributed by atoms with Gasteiger partial charge in [-0.15, -0.1) is 0 Å². The Bertz CT molecular complexity index is 660. The van der Waals surface area contributed by atoms with E-state index in [-0.39, 0.29) is 0 Å². The summed E-state index contributed by atoms with van der Waals surface area (Å²) in [6.45, 7) is 12.8. The fourth-order valence-corrected chi connectivity index (χ4v) is 4.86. The summed E-state index contributed by atoms with van der Waals surface area (Å²) in [6.07, 6.45) is 2.28. The van der Waals surface area contributed by atoms with Crippen molar-refractivity contribution >= 4 is 5.91 Å². The molecule has 3 aliphatic heterocycles. The molecule has 0 aliphatic carbocycles. The number of carbonyl (C=O) groups is 1. The summed E-state index contributed by atoms with van der Waals surface area (Å²) in [7, 11) is 0. The maximum absolute atomic E-state index is 12.7. The van der Waals surface area contributed by atoms with E-state index >= 15 is 0 Å². The van der Waals surface area contributed by atoms with Crippen molar-refractivity contribution in [3.8, 4) is 5.75 Å². The first-order valence-electron chi connectivity index (χ1n) is 10.5. The van der Waals surface area contributed by atoms with Gasteiger partial charge in [0.05, 0.1) is 13.2 Å². The maximum Gasteiger partial charge on any atom is 0.236 e. The van der Waals surface area contributed by atoms with Crippen LogP contribution in [-0.4, -0.2) is 73.0 Å². The van der Waals surface area contributed by atoms with Crippen LogP contribution in [0.5, 0.6) is 5.75 Å². The van der Waals surface area contributed by atoms with Crippen molar-refractivity contribution in [3.63, 3.8) is 0 Å². The van der Waals surface area contributed by atoms with Crippen LogP contribution in [0.3, 0.4) is 0 Å². The van der Waals surface area contributed by atoms with E-state index in [4.69, 9.17) is 4.74 Å². The standard InChI is InChI=1S/C22H33N3O2/c1-17-11-18(2)14-25(13-17)22(26)16-24-8-6-23(7-9-24)15-19-3-4-21-20(12-19)5-10-27-21/h3-4,12,17-18H,5-11,13-16H2,1-2H3. The number of piperidine rings is 1. The van der Waals surface area contributed by atoms with Crippen molar-refractivity contribution < 1.29 is 9.53 Å². The van der Waals surface area contributed by atoms with Gasteiger partial charge in [0.25, 0.3) is 0 Å². The minimum atomic E-state index is 0.320. The highest BCUT2D eigenvalue weighted by Gasteiger charge is 2.27. The Hall–Kier alpha value is -1.59. The second-order valence-electron chi connectivity index (χ2n) is 8.84. The third kappa shape index (κ3) is 4.64. The molecule has 148 valence electrons. The molecule has 2 atom stereocenters. The van der Waals surface area contributed by atoms with Crippen LogP contribution in [0.2, 0.25) is 0 Å². The van der Waals surface area contributed by atoms with Crippen molar-refractivity contribution in [3.05, 3.63) is 29.3 Å². The van der Waals surface area contributed by atoms with Crippen molar-refractivity contribution in [1.29, 1.82) is 0 Å². The van der Waals surface area contributed by atoms with Crippen LogP contribution in [0.1, 0.15) is 31.4 Å². The Kier molecular flexibility index (Phi) is 5.69. The van der Waals surface area contributed by atoms with Crippen molar-refractivity contribution in [1.82, 2.24) is 14.7 Å². The number of ether oxygens (including phenoxy) is 1. The van der Waals surface area contributed by atoms with Crippen LogP contribution in [0.4, 0.5) is 0 Å². The van der Waals surface area contributed by atoms with E-state index in [0.29, 0.717) is 24.3 Å². The molecular weight excluding hydrogens is 338 g/mol. The smallest absolute Gasteiger partial charge is 0.236 e. The Morgan fingerprint density at radius 3 is 2.52 bits per heavy atom. The predicted molar refractivity (Wildman–Crippen MR) is 107 cm³/mol. The molecule has 0 spiro atoms. The number of fused-ring (bicyclic) bond motifs is 1. The molecule has 2 saturated heterocycles. The number of piperazine rings is 1. The number of hydrogen-bond donors (Lipinski definition) is 0. The summed E-state index contributed by atoms with van der Waals surface area (Å²) >= 11 is 0. The van der Waals surface area contributed by atoms with Crippen LogP contribution in [0, 0.1) is 11.8 Å². The molecule has 0 aromatic heterocycles. The molecule has 1 aromatic carbocycles. The first-order chi connectivity index (χ1) is 13.1. The maximum atomic E-state index is 12.7. The summed E-state index contributed by atoms with van der Waals surface area (Å²) in [4.78, 5) is 19.6.